The van der Waals surface area contributed by atoms with Crippen LogP contribution in [0, 0.1) is 13.8 Å². The Kier molecular flexibility index (Phi) is 6.76. The number of nitrogens with zero attached hydrogens (tertiary/aromatic N) is 3. The van der Waals surface area contributed by atoms with Gasteiger partial charge in [-0.1, -0.05) is 59.9 Å². The second-order valence-corrected chi connectivity index (χ2v) is 9.54. The number of carbonyl (C=O) groups excluding carboxylic acids is 1. The summed E-state index contributed by atoms with van der Waals surface area (Å²) < 4.78 is 2.26. The second kappa shape index (κ2) is 9.72. The van der Waals surface area contributed by atoms with Crippen molar-refractivity contribution >= 4 is 46.3 Å². The summed E-state index contributed by atoms with van der Waals surface area (Å²) in [6.07, 6.45) is 4.11. The number of benzene rings is 2. The third kappa shape index (κ3) is 5.07. The lowest BCUT2D eigenvalue weighted by atomic mass is 10.0. The van der Waals surface area contributed by atoms with Crippen LogP contribution in [-0.4, -0.2) is 42.5 Å². The number of carboxylic acid groups (broad SMARTS) is 1. The Bertz CT molecular complexity index is 1270. The van der Waals surface area contributed by atoms with Gasteiger partial charge in [-0.2, -0.15) is 5.10 Å². The molecule has 33 heavy (non-hydrogen) atoms. The van der Waals surface area contributed by atoms with Crippen molar-refractivity contribution in [1.29, 1.82) is 0 Å². The molecule has 6 nitrogen and oxygen atoms in total. The minimum absolute atomic E-state index is 0.00324. The minimum Gasteiger partial charge on any atom is -0.481 e. The van der Waals surface area contributed by atoms with Crippen LogP contribution in [0.1, 0.15) is 29.5 Å². The lowest BCUT2D eigenvalue weighted by Crippen LogP contribution is -2.29. The van der Waals surface area contributed by atoms with Gasteiger partial charge in [0.1, 0.15) is 10.0 Å². The van der Waals surface area contributed by atoms with E-state index in [0.717, 1.165) is 33.6 Å². The van der Waals surface area contributed by atoms with Crippen LogP contribution >= 0.6 is 24.0 Å². The monoisotopic (exact) mass is 477 g/mol. The van der Waals surface area contributed by atoms with Crippen molar-refractivity contribution in [2.45, 2.75) is 26.7 Å². The third-order valence-electron chi connectivity index (χ3n) is 5.34. The molecule has 0 radical (unpaired) electrons. The SMILES string of the molecule is Cc1ccc(C)c(-c2nn(-c3ccccc3)cc2/C=C2\SC(=S)N(CCCC(=O)O)C2=O)c1. The van der Waals surface area contributed by atoms with E-state index in [4.69, 9.17) is 22.4 Å². The molecule has 0 aliphatic carbocycles. The average molecular weight is 478 g/mol. The van der Waals surface area contributed by atoms with E-state index < -0.39 is 5.97 Å². The van der Waals surface area contributed by atoms with Gasteiger partial charge in [-0.05, 0) is 50.1 Å². The Labute approximate surface area is 201 Å². The zero-order chi connectivity index (χ0) is 23.5. The number of aryl methyl sites for hydroxylation is 2. The number of carbonyl (C=O) groups is 2. The smallest absolute Gasteiger partial charge is 0.303 e. The fraction of sp³-hybridized carbons (Fsp3) is 0.200. The molecule has 0 unspecified atom stereocenters. The number of carboxylic acids is 1. The van der Waals surface area contributed by atoms with Crippen LogP contribution < -0.4 is 0 Å². The summed E-state index contributed by atoms with van der Waals surface area (Å²) in [6, 6.07) is 16.0. The van der Waals surface area contributed by atoms with Gasteiger partial charge in [-0.3, -0.25) is 14.5 Å². The van der Waals surface area contributed by atoms with E-state index >= 15 is 0 Å². The second-order valence-electron chi connectivity index (χ2n) is 7.86. The van der Waals surface area contributed by atoms with E-state index in [1.807, 2.05) is 61.1 Å². The molecular formula is C25H23N3O3S2. The van der Waals surface area contributed by atoms with E-state index in [1.165, 1.54) is 16.7 Å². The predicted molar refractivity (Wildman–Crippen MR) is 135 cm³/mol. The number of hydrogen-bond donors (Lipinski definition) is 1. The summed E-state index contributed by atoms with van der Waals surface area (Å²) in [5.41, 5.74) is 5.75. The van der Waals surface area contributed by atoms with Crippen LogP contribution in [0.15, 0.2) is 59.6 Å². The third-order valence-corrected chi connectivity index (χ3v) is 6.72. The highest BCUT2D eigenvalue weighted by atomic mass is 32.2. The van der Waals surface area contributed by atoms with E-state index in [-0.39, 0.29) is 12.3 Å². The molecule has 2 aromatic carbocycles. The highest BCUT2D eigenvalue weighted by Crippen LogP contribution is 2.35. The minimum atomic E-state index is -0.887. The fourth-order valence-electron chi connectivity index (χ4n) is 3.63. The van der Waals surface area contributed by atoms with Gasteiger partial charge in [0.25, 0.3) is 5.91 Å². The molecule has 4 rings (SSSR count). The maximum atomic E-state index is 13.0. The highest BCUT2D eigenvalue weighted by molar-refractivity contribution is 8.26. The van der Waals surface area contributed by atoms with Gasteiger partial charge in [0, 0.05) is 30.3 Å². The van der Waals surface area contributed by atoms with Gasteiger partial charge >= 0.3 is 5.97 Å². The van der Waals surface area contributed by atoms with Crippen molar-refractivity contribution in [1.82, 2.24) is 14.7 Å². The summed E-state index contributed by atoms with van der Waals surface area (Å²) in [5, 5.41) is 13.7. The lowest BCUT2D eigenvalue weighted by molar-refractivity contribution is -0.137. The Morgan fingerprint density at radius 2 is 1.94 bits per heavy atom. The molecule has 3 aromatic rings. The average Bonchev–Trinajstić information content (AvgIpc) is 3.32. The first-order valence-electron chi connectivity index (χ1n) is 10.5. The predicted octanol–water partition coefficient (Wildman–Crippen LogP) is 5.22. The van der Waals surface area contributed by atoms with Crippen LogP contribution in [0.2, 0.25) is 0 Å². The zero-order valence-electron chi connectivity index (χ0n) is 18.3. The molecule has 0 spiro atoms. The van der Waals surface area contributed by atoms with Crippen molar-refractivity contribution in [3.63, 3.8) is 0 Å². The molecule has 168 valence electrons. The fourth-order valence-corrected chi connectivity index (χ4v) is 4.93. The van der Waals surface area contributed by atoms with Gasteiger partial charge in [-0.25, -0.2) is 4.68 Å². The van der Waals surface area contributed by atoms with Crippen molar-refractivity contribution in [3.8, 4) is 16.9 Å². The van der Waals surface area contributed by atoms with E-state index in [0.29, 0.717) is 22.2 Å². The van der Waals surface area contributed by atoms with E-state index in [9.17, 15) is 9.59 Å². The van der Waals surface area contributed by atoms with Crippen LogP contribution in [0.4, 0.5) is 0 Å². The molecule has 1 fully saturated rings. The van der Waals surface area contributed by atoms with Crippen molar-refractivity contribution < 1.29 is 14.7 Å². The number of thiocarbonyl (C=S) groups is 1. The number of aliphatic carboxylic acids is 1. The molecule has 1 aliphatic rings. The van der Waals surface area contributed by atoms with Gasteiger partial charge in [0.15, 0.2) is 0 Å². The molecule has 0 saturated carbocycles. The van der Waals surface area contributed by atoms with E-state index in [2.05, 4.69) is 18.2 Å². The molecule has 1 saturated heterocycles. The summed E-state index contributed by atoms with van der Waals surface area (Å²) in [5.74, 6) is -1.09. The summed E-state index contributed by atoms with van der Waals surface area (Å²) in [4.78, 5) is 25.8. The molecule has 1 amide bonds. The largest absolute Gasteiger partial charge is 0.481 e. The Balaban J connectivity index is 1.74. The molecule has 1 N–H and O–H groups in total. The quantitative estimate of drug-likeness (QED) is 0.371. The zero-order valence-corrected chi connectivity index (χ0v) is 19.9. The number of rotatable bonds is 7. The molecule has 0 bridgehead atoms. The summed E-state index contributed by atoms with van der Waals surface area (Å²) >= 11 is 6.63. The summed E-state index contributed by atoms with van der Waals surface area (Å²) in [7, 11) is 0. The Morgan fingerprint density at radius 1 is 1.18 bits per heavy atom. The number of amides is 1. The first-order valence-corrected chi connectivity index (χ1v) is 11.8. The topological polar surface area (TPSA) is 75.4 Å². The first kappa shape index (κ1) is 22.9. The maximum Gasteiger partial charge on any atom is 0.303 e. The van der Waals surface area contributed by atoms with Gasteiger partial charge < -0.3 is 5.11 Å². The van der Waals surface area contributed by atoms with Crippen LogP contribution in [0.25, 0.3) is 23.0 Å². The van der Waals surface area contributed by atoms with Gasteiger partial charge in [0.2, 0.25) is 0 Å². The number of hydrogen-bond acceptors (Lipinski definition) is 5. The van der Waals surface area contributed by atoms with Crippen molar-refractivity contribution in [2.75, 3.05) is 6.54 Å². The Hall–Kier alpha value is -3.23. The van der Waals surface area contributed by atoms with Gasteiger partial charge in [0.05, 0.1) is 10.6 Å². The van der Waals surface area contributed by atoms with Crippen molar-refractivity contribution in [2.24, 2.45) is 0 Å². The van der Waals surface area contributed by atoms with Crippen LogP contribution in [0.5, 0.6) is 0 Å². The molecule has 8 heteroatoms. The highest BCUT2D eigenvalue weighted by Gasteiger charge is 2.32. The normalized spacial score (nSPS) is 15.0. The molecule has 1 aromatic heterocycles. The van der Waals surface area contributed by atoms with Gasteiger partial charge in [-0.15, -0.1) is 0 Å². The molecular weight excluding hydrogens is 454 g/mol. The Morgan fingerprint density at radius 3 is 2.67 bits per heavy atom. The molecule has 2 heterocycles. The number of para-hydroxylation sites is 1. The first-order chi connectivity index (χ1) is 15.8. The van der Waals surface area contributed by atoms with Crippen LogP contribution in [-0.2, 0) is 9.59 Å². The maximum absolute atomic E-state index is 13.0. The van der Waals surface area contributed by atoms with Crippen LogP contribution in [0.3, 0.4) is 0 Å². The lowest BCUT2D eigenvalue weighted by Gasteiger charge is -2.13. The van der Waals surface area contributed by atoms with E-state index in [1.54, 1.807) is 0 Å². The summed E-state index contributed by atoms with van der Waals surface area (Å²) in [6.45, 7) is 4.38. The number of thioether (sulfide) groups is 1. The standard InChI is InChI=1S/C25H23N3O3S2/c1-16-10-11-17(2)20(13-16)23-18(15-28(26-23)19-7-4-3-5-8-19)14-21-24(31)27(25(32)33-21)12-6-9-22(29)30/h3-5,7-8,10-11,13-15H,6,9,12H2,1-2H3,(H,29,30)/b21-14-. The van der Waals surface area contributed by atoms with Crippen molar-refractivity contribution in [3.05, 3.63) is 76.3 Å². The number of aromatic nitrogens is 2. The molecule has 1 aliphatic heterocycles. The molecule has 0 atom stereocenters.